The van der Waals surface area contributed by atoms with Crippen LogP contribution >= 0.6 is 0 Å². The van der Waals surface area contributed by atoms with Crippen molar-refractivity contribution in [3.05, 3.63) is 18.1 Å². The van der Waals surface area contributed by atoms with Gasteiger partial charge in [0, 0.05) is 12.0 Å². The highest BCUT2D eigenvalue weighted by molar-refractivity contribution is 5.96. The fraction of sp³-hybridized carbons (Fsp3) is 0.643. The van der Waals surface area contributed by atoms with E-state index in [4.69, 9.17) is 4.74 Å². The molecule has 1 aliphatic carbocycles. The summed E-state index contributed by atoms with van der Waals surface area (Å²) in [7, 11) is 1.54. The van der Waals surface area contributed by atoms with Crippen LogP contribution in [-0.2, 0) is 0 Å². The lowest BCUT2D eigenvalue weighted by molar-refractivity contribution is 0.0831. The van der Waals surface area contributed by atoms with Crippen LogP contribution in [0.25, 0.3) is 0 Å². The van der Waals surface area contributed by atoms with Crippen molar-refractivity contribution in [2.75, 3.05) is 7.11 Å². The minimum absolute atomic E-state index is 0.107. The second-order valence-corrected chi connectivity index (χ2v) is 5.27. The van der Waals surface area contributed by atoms with Crippen LogP contribution in [0.1, 0.15) is 43.6 Å². The molecule has 1 fully saturated rings. The minimum atomic E-state index is 0.107. The van der Waals surface area contributed by atoms with Gasteiger partial charge in [-0.25, -0.2) is 9.97 Å². The summed E-state index contributed by atoms with van der Waals surface area (Å²) < 4.78 is 5.03. The van der Waals surface area contributed by atoms with Crippen molar-refractivity contribution in [2.24, 2.45) is 17.8 Å². The summed E-state index contributed by atoms with van der Waals surface area (Å²) in [5, 5.41) is 0. The molecule has 0 aromatic carbocycles. The van der Waals surface area contributed by atoms with E-state index in [1.165, 1.54) is 6.33 Å². The molecule has 3 unspecified atom stereocenters. The third-order valence-corrected chi connectivity index (χ3v) is 4.07. The highest BCUT2D eigenvalue weighted by Crippen LogP contribution is 2.34. The van der Waals surface area contributed by atoms with Gasteiger partial charge in [-0.2, -0.15) is 0 Å². The van der Waals surface area contributed by atoms with Crippen LogP contribution in [0.2, 0.25) is 0 Å². The molecule has 0 aliphatic heterocycles. The van der Waals surface area contributed by atoms with Crippen molar-refractivity contribution < 1.29 is 9.53 Å². The Labute approximate surface area is 108 Å². The summed E-state index contributed by atoms with van der Waals surface area (Å²) in [4.78, 5) is 20.4. The molecule has 98 valence electrons. The van der Waals surface area contributed by atoms with Crippen molar-refractivity contribution >= 4 is 5.78 Å². The average Bonchev–Trinajstić information content (AvgIpc) is 2.41. The molecular weight excluding hydrogens is 228 g/mol. The summed E-state index contributed by atoms with van der Waals surface area (Å²) in [5.41, 5.74) is 0.480. The number of carbonyl (C=O) groups is 1. The predicted octanol–water partition coefficient (Wildman–Crippen LogP) is 2.74. The van der Waals surface area contributed by atoms with Crippen LogP contribution in [0.4, 0.5) is 0 Å². The lowest BCUT2D eigenvalue weighted by Crippen LogP contribution is -2.27. The third kappa shape index (κ3) is 2.68. The molecule has 0 amide bonds. The summed E-state index contributed by atoms with van der Waals surface area (Å²) in [6.07, 6.45) is 4.45. The summed E-state index contributed by atoms with van der Waals surface area (Å²) in [6, 6.07) is 1.63. The van der Waals surface area contributed by atoms with Gasteiger partial charge in [-0.3, -0.25) is 4.79 Å². The Balaban J connectivity index is 2.11. The maximum atomic E-state index is 12.4. The Kier molecular flexibility index (Phi) is 3.94. The van der Waals surface area contributed by atoms with E-state index in [9.17, 15) is 4.79 Å². The number of nitrogens with zero attached hydrogens (tertiary/aromatic N) is 2. The van der Waals surface area contributed by atoms with Gasteiger partial charge in [-0.1, -0.05) is 13.8 Å². The first-order valence-corrected chi connectivity index (χ1v) is 6.52. The molecule has 1 aliphatic rings. The Hall–Kier alpha value is -1.45. The van der Waals surface area contributed by atoms with E-state index in [1.807, 2.05) is 0 Å². The van der Waals surface area contributed by atoms with Gasteiger partial charge in [0.25, 0.3) is 0 Å². The van der Waals surface area contributed by atoms with Gasteiger partial charge in [0.2, 0.25) is 5.88 Å². The molecule has 18 heavy (non-hydrogen) atoms. The Morgan fingerprint density at radius 1 is 1.28 bits per heavy atom. The van der Waals surface area contributed by atoms with Crippen molar-refractivity contribution in [3.63, 3.8) is 0 Å². The predicted molar refractivity (Wildman–Crippen MR) is 68.6 cm³/mol. The monoisotopic (exact) mass is 248 g/mol. The van der Waals surface area contributed by atoms with E-state index in [2.05, 4.69) is 23.8 Å². The molecule has 0 spiro atoms. The highest BCUT2D eigenvalue weighted by Gasteiger charge is 2.30. The highest BCUT2D eigenvalue weighted by atomic mass is 16.5. The molecule has 1 heterocycles. The van der Waals surface area contributed by atoms with E-state index in [1.54, 1.807) is 13.2 Å². The van der Waals surface area contributed by atoms with Gasteiger partial charge >= 0.3 is 0 Å². The van der Waals surface area contributed by atoms with Gasteiger partial charge in [0.1, 0.15) is 12.0 Å². The lowest BCUT2D eigenvalue weighted by Gasteiger charge is -2.30. The summed E-state index contributed by atoms with van der Waals surface area (Å²) >= 11 is 0. The van der Waals surface area contributed by atoms with E-state index < -0.39 is 0 Å². The molecular formula is C14H20N2O2. The first kappa shape index (κ1) is 13.0. The van der Waals surface area contributed by atoms with Gasteiger partial charge in [-0.15, -0.1) is 0 Å². The zero-order valence-electron chi connectivity index (χ0n) is 11.2. The molecule has 0 N–H and O–H groups in total. The molecule has 4 heteroatoms. The number of carbonyl (C=O) groups excluding carboxylic acids is 1. The Bertz CT molecular complexity index is 434. The molecule has 0 saturated heterocycles. The zero-order valence-corrected chi connectivity index (χ0v) is 11.2. The van der Waals surface area contributed by atoms with Crippen molar-refractivity contribution in [3.8, 4) is 5.88 Å². The second kappa shape index (κ2) is 5.46. The number of rotatable bonds is 3. The molecule has 1 aromatic heterocycles. The second-order valence-electron chi connectivity index (χ2n) is 5.27. The number of hydrogen-bond donors (Lipinski definition) is 0. The molecule has 2 rings (SSSR count). The normalized spacial score (nSPS) is 27.8. The van der Waals surface area contributed by atoms with Crippen LogP contribution in [0.5, 0.6) is 5.88 Å². The fourth-order valence-corrected chi connectivity index (χ4v) is 2.58. The van der Waals surface area contributed by atoms with Crippen LogP contribution in [-0.4, -0.2) is 22.9 Å². The molecule has 1 aromatic rings. The van der Waals surface area contributed by atoms with Crippen LogP contribution in [0.3, 0.4) is 0 Å². The van der Waals surface area contributed by atoms with Gasteiger partial charge in [0.15, 0.2) is 5.78 Å². The summed E-state index contributed by atoms with van der Waals surface area (Å²) in [5.74, 6) is 2.02. The number of hydrogen-bond acceptors (Lipinski definition) is 4. The van der Waals surface area contributed by atoms with Gasteiger partial charge in [0.05, 0.1) is 7.11 Å². The SMILES string of the molecule is COc1cc(C(=O)C2CCC(C)C(C)C2)ncn1. The molecule has 3 atom stereocenters. The quantitative estimate of drug-likeness (QED) is 0.772. The number of ketones is 1. The van der Waals surface area contributed by atoms with E-state index >= 15 is 0 Å². The average molecular weight is 248 g/mol. The van der Waals surface area contributed by atoms with E-state index in [-0.39, 0.29) is 11.7 Å². The number of methoxy groups -OCH3 is 1. The van der Waals surface area contributed by atoms with E-state index in [0.717, 1.165) is 19.3 Å². The first-order valence-electron chi connectivity index (χ1n) is 6.52. The Morgan fingerprint density at radius 3 is 2.72 bits per heavy atom. The topological polar surface area (TPSA) is 52.1 Å². The smallest absolute Gasteiger partial charge is 0.216 e. The zero-order chi connectivity index (χ0) is 13.1. The number of Topliss-reactive ketones (excluding diaryl/α,β-unsaturated/α-hetero) is 1. The summed E-state index contributed by atoms with van der Waals surface area (Å²) in [6.45, 7) is 4.49. The molecule has 1 saturated carbocycles. The minimum Gasteiger partial charge on any atom is -0.481 e. The molecule has 0 radical (unpaired) electrons. The lowest BCUT2D eigenvalue weighted by atomic mass is 9.74. The van der Waals surface area contributed by atoms with Gasteiger partial charge in [-0.05, 0) is 31.1 Å². The molecule has 0 bridgehead atoms. The fourth-order valence-electron chi connectivity index (χ4n) is 2.58. The Morgan fingerprint density at radius 2 is 2.06 bits per heavy atom. The third-order valence-electron chi connectivity index (χ3n) is 4.07. The molecule has 4 nitrogen and oxygen atoms in total. The van der Waals surface area contributed by atoms with Crippen LogP contribution in [0.15, 0.2) is 12.4 Å². The van der Waals surface area contributed by atoms with Crippen molar-refractivity contribution in [2.45, 2.75) is 33.1 Å². The number of aromatic nitrogens is 2. The van der Waals surface area contributed by atoms with Crippen LogP contribution in [0, 0.1) is 17.8 Å². The van der Waals surface area contributed by atoms with Gasteiger partial charge < -0.3 is 4.74 Å². The van der Waals surface area contributed by atoms with E-state index in [0.29, 0.717) is 23.4 Å². The van der Waals surface area contributed by atoms with Crippen LogP contribution < -0.4 is 4.74 Å². The maximum Gasteiger partial charge on any atom is 0.216 e. The standard InChI is InChI=1S/C14H20N2O2/c1-9-4-5-11(6-10(9)2)14(17)12-7-13(18-3)16-8-15-12/h7-11H,4-6H2,1-3H3. The first-order chi connectivity index (χ1) is 8.61. The number of ether oxygens (including phenoxy) is 1. The maximum absolute atomic E-state index is 12.4. The van der Waals surface area contributed by atoms with Crippen molar-refractivity contribution in [1.82, 2.24) is 9.97 Å². The largest absolute Gasteiger partial charge is 0.481 e. The van der Waals surface area contributed by atoms with Crippen molar-refractivity contribution in [1.29, 1.82) is 0 Å².